The van der Waals surface area contributed by atoms with Crippen molar-refractivity contribution >= 4 is 35.5 Å². The molecule has 0 saturated carbocycles. The third-order valence-corrected chi connectivity index (χ3v) is 10.2. The predicted octanol–water partition coefficient (Wildman–Crippen LogP) is 5.33. The van der Waals surface area contributed by atoms with E-state index in [1.807, 2.05) is 121 Å². The lowest BCUT2D eigenvalue weighted by atomic mass is 10.4. The Balaban J connectivity index is 1.68. The third kappa shape index (κ3) is 5.11. The largest absolute Gasteiger partial charge is 0.300 e. The fourth-order valence-corrected chi connectivity index (χ4v) is 7.54. The van der Waals surface area contributed by atoms with Gasteiger partial charge in [0.2, 0.25) is 14.3 Å². The number of hydrogen-bond donors (Lipinski definition) is 0. The van der Waals surface area contributed by atoms with Crippen LogP contribution in [0.4, 0.5) is 0 Å². The van der Waals surface area contributed by atoms with Crippen molar-refractivity contribution in [3.8, 4) is 23.2 Å². The minimum Gasteiger partial charge on any atom is -0.300 e. The molecule has 0 aliphatic rings. The Kier molecular flexibility index (Phi) is 7.13. The molecule has 0 bridgehead atoms. The van der Waals surface area contributed by atoms with Gasteiger partial charge in [0, 0.05) is 21.2 Å². The van der Waals surface area contributed by atoms with Crippen LogP contribution in [0.5, 0.6) is 0 Å². The summed E-state index contributed by atoms with van der Waals surface area (Å²) < 4.78 is 27.9. The maximum Gasteiger partial charge on any atom is 0.210 e. The van der Waals surface area contributed by atoms with E-state index in [0.717, 1.165) is 0 Å². The van der Waals surface area contributed by atoms with Gasteiger partial charge in [-0.3, -0.25) is 9.13 Å². The van der Waals surface area contributed by atoms with E-state index >= 15 is 0 Å². The molecule has 33 heavy (non-hydrogen) atoms. The molecule has 4 rings (SSSR count). The SMILES string of the molecule is O=P(C#CCC#CP(=O)(c1ccccc1)c1ccccc1)(c1ccccc1)c1ccccc1. The van der Waals surface area contributed by atoms with Gasteiger partial charge in [0.25, 0.3) is 0 Å². The Morgan fingerprint density at radius 2 is 0.667 bits per heavy atom. The van der Waals surface area contributed by atoms with Gasteiger partial charge in [-0.25, -0.2) is 0 Å². The minimum absolute atomic E-state index is 0.174. The quantitative estimate of drug-likeness (QED) is 0.302. The molecule has 0 unspecified atom stereocenters. The Hall–Kier alpha value is -3.54. The second-order valence-corrected chi connectivity index (χ2v) is 12.3. The maximum atomic E-state index is 13.9. The van der Waals surface area contributed by atoms with E-state index in [0.29, 0.717) is 21.2 Å². The van der Waals surface area contributed by atoms with Gasteiger partial charge in [0.15, 0.2) is 0 Å². The van der Waals surface area contributed by atoms with Crippen molar-refractivity contribution in [2.24, 2.45) is 0 Å². The van der Waals surface area contributed by atoms with Crippen molar-refractivity contribution in [1.29, 1.82) is 0 Å². The molecule has 0 spiro atoms. The van der Waals surface area contributed by atoms with Gasteiger partial charge in [0.05, 0.1) is 6.42 Å². The molecule has 0 saturated heterocycles. The molecular formula is C29H22O2P2. The first-order chi connectivity index (χ1) is 16.1. The first-order valence-electron chi connectivity index (χ1n) is 10.6. The summed E-state index contributed by atoms with van der Waals surface area (Å²) in [5.41, 5.74) is 6.02. The molecule has 0 aliphatic carbocycles. The van der Waals surface area contributed by atoms with Crippen LogP contribution in [-0.2, 0) is 9.13 Å². The van der Waals surface area contributed by atoms with Crippen LogP contribution < -0.4 is 21.2 Å². The highest BCUT2D eigenvalue weighted by molar-refractivity contribution is 7.83. The second-order valence-electron chi connectivity index (χ2n) is 7.31. The van der Waals surface area contributed by atoms with Crippen LogP contribution in [0.2, 0.25) is 0 Å². The normalized spacial score (nSPS) is 10.9. The van der Waals surface area contributed by atoms with E-state index in [1.54, 1.807) is 0 Å². The van der Waals surface area contributed by atoms with E-state index in [2.05, 4.69) is 23.2 Å². The van der Waals surface area contributed by atoms with Crippen LogP contribution in [0.25, 0.3) is 0 Å². The van der Waals surface area contributed by atoms with Gasteiger partial charge < -0.3 is 0 Å². The van der Waals surface area contributed by atoms with Crippen LogP contribution in [0, 0.1) is 23.2 Å². The molecule has 160 valence electrons. The summed E-state index contributed by atoms with van der Waals surface area (Å²) in [4.78, 5) is 0. The smallest absolute Gasteiger partial charge is 0.210 e. The second kappa shape index (κ2) is 10.4. The topological polar surface area (TPSA) is 34.1 Å². The summed E-state index contributed by atoms with van der Waals surface area (Å²) in [6, 6.07) is 37.2. The molecule has 0 fully saturated rings. The average molecular weight is 464 g/mol. The van der Waals surface area contributed by atoms with Crippen molar-refractivity contribution in [2.45, 2.75) is 6.42 Å². The molecule has 2 nitrogen and oxygen atoms in total. The van der Waals surface area contributed by atoms with E-state index in [-0.39, 0.29) is 6.42 Å². The summed E-state index contributed by atoms with van der Waals surface area (Å²) in [6.07, 6.45) is 0.174. The summed E-state index contributed by atoms with van der Waals surface area (Å²) in [5, 5.41) is 2.76. The van der Waals surface area contributed by atoms with E-state index in [1.165, 1.54) is 0 Å². The lowest BCUT2D eigenvalue weighted by molar-refractivity contribution is 0.592. The summed E-state index contributed by atoms with van der Waals surface area (Å²) in [5.74, 6) is 5.98. The number of rotatable bonds is 4. The Morgan fingerprint density at radius 1 is 0.424 bits per heavy atom. The van der Waals surface area contributed by atoms with Gasteiger partial charge in [-0.1, -0.05) is 133 Å². The Morgan fingerprint density at radius 3 is 0.909 bits per heavy atom. The fourth-order valence-electron chi connectivity index (χ4n) is 3.45. The van der Waals surface area contributed by atoms with Crippen LogP contribution in [-0.4, -0.2) is 0 Å². The highest BCUT2D eigenvalue weighted by Crippen LogP contribution is 2.43. The fraction of sp³-hybridized carbons (Fsp3) is 0.0345. The van der Waals surface area contributed by atoms with Crippen LogP contribution in [0.15, 0.2) is 121 Å². The number of hydrogen-bond acceptors (Lipinski definition) is 2. The van der Waals surface area contributed by atoms with Gasteiger partial charge >= 0.3 is 0 Å². The molecule has 4 aromatic rings. The minimum atomic E-state index is -3.12. The highest BCUT2D eigenvalue weighted by atomic mass is 31.2. The van der Waals surface area contributed by atoms with E-state index < -0.39 is 14.3 Å². The van der Waals surface area contributed by atoms with E-state index in [9.17, 15) is 9.13 Å². The van der Waals surface area contributed by atoms with Gasteiger partial charge in [-0.2, -0.15) is 0 Å². The summed E-state index contributed by atoms with van der Waals surface area (Å²) in [6.45, 7) is 0. The van der Waals surface area contributed by atoms with Crippen molar-refractivity contribution in [3.63, 3.8) is 0 Å². The molecule has 0 heterocycles. The number of benzene rings is 4. The van der Waals surface area contributed by atoms with Crippen LogP contribution in [0.3, 0.4) is 0 Å². The van der Waals surface area contributed by atoms with Crippen molar-refractivity contribution in [3.05, 3.63) is 121 Å². The standard InChI is InChI=1S/C29H22O2P2/c30-32(26-16-6-1-7-17-26,27-18-8-2-9-19-27)24-14-5-15-25-33(31,28-20-10-3-11-21-28)29-22-12-4-13-23-29/h1-4,6-13,16-23H,5H2. The zero-order chi connectivity index (χ0) is 23.0. The average Bonchev–Trinajstić information content (AvgIpc) is 2.90. The Labute approximate surface area is 195 Å². The molecule has 4 heteroatoms. The predicted molar refractivity (Wildman–Crippen MR) is 140 cm³/mol. The zero-order valence-corrected chi connectivity index (χ0v) is 19.8. The van der Waals surface area contributed by atoms with Crippen molar-refractivity contribution in [2.75, 3.05) is 0 Å². The van der Waals surface area contributed by atoms with Crippen molar-refractivity contribution in [1.82, 2.24) is 0 Å². The van der Waals surface area contributed by atoms with Crippen LogP contribution in [0.1, 0.15) is 6.42 Å². The first-order valence-corrected chi connectivity index (χ1v) is 14.0. The third-order valence-electron chi connectivity index (χ3n) is 5.13. The molecular weight excluding hydrogens is 442 g/mol. The lowest BCUT2D eigenvalue weighted by Crippen LogP contribution is -2.14. The zero-order valence-electron chi connectivity index (χ0n) is 18.0. The van der Waals surface area contributed by atoms with E-state index in [4.69, 9.17) is 0 Å². The molecule has 0 aliphatic heterocycles. The molecule has 0 aromatic heterocycles. The Bertz CT molecular complexity index is 1220. The first kappa shape index (κ1) is 22.6. The lowest BCUT2D eigenvalue weighted by Gasteiger charge is -2.13. The molecule has 4 aromatic carbocycles. The molecule has 0 N–H and O–H groups in total. The van der Waals surface area contributed by atoms with Gasteiger partial charge in [-0.15, -0.1) is 0 Å². The van der Waals surface area contributed by atoms with Gasteiger partial charge in [-0.05, 0) is 11.3 Å². The molecule has 0 amide bonds. The van der Waals surface area contributed by atoms with Crippen molar-refractivity contribution < 1.29 is 9.13 Å². The molecule has 0 atom stereocenters. The monoisotopic (exact) mass is 464 g/mol. The summed E-state index contributed by atoms with van der Waals surface area (Å²) in [7, 11) is -6.24. The van der Waals surface area contributed by atoms with Gasteiger partial charge in [0.1, 0.15) is 0 Å². The maximum absolute atomic E-state index is 13.9. The highest BCUT2D eigenvalue weighted by Gasteiger charge is 2.25. The van der Waals surface area contributed by atoms with Crippen LogP contribution >= 0.6 is 14.3 Å². The molecule has 0 radical (unpaired) electrons. The summed E-state index contributed by atoms with van der Waals surface area (Å²) >= 11 is 0.